The van der Waals surface area contributed by atoms with Crippen LogP contribution in [0.1, 0.15) is 25.3 Å². The molecule has 100 valence electrons. The normalized spacial score (nSPS) is 17.9. The Hall–Kier alpha value is -1.13. The number of rotatable bonds is 5. The van der Waals surface area contributed by atoms with Gasteiger partial charge in [0, 0.05) is 45.0 Å². The van der Waals surface area contributed by atoms with Crippen molar-refractivity contribution in [3.63, 3.8) is 0 Å². The van der Waals surface area contributed by atoms with Crippen molar-refractivity contribution in [3.8, 4) is 0 Å². The SMILES string of the molecule is CCOC1CCN(Cc2cccnc2NC)CC1. The molecule has 1 fully saturated rings. The number of hydrogen-bond acceptors (Lipinski definition) is 4. The van der Waals surface area contributed by atoms with Gasteiger partial charge in [0.05, 0.1) is 6.10 Å². The van der Waals surface area contributed by atoms with E-state index in [4.69, 9.17) is 4.74 Å². The lowest BCUT2D eigenvalue weighted by molar-refractivity contribution is 0.0125. The minimum absolute atomic E-state index is 0.462. The third-order valence-corrected chi connectivity index (χ3v) is 3.46. The average Bonchev–Trinajstić information content (AvgIpc) is 2.42. The van der Waals surface area contributed by atoms with E-state index in [-0.39, 0.29) is 0 Å². The Labute approximate surface area is 109 Å². The first-order valence-corrected chi connectivity index (χ1v) is 6.79. The maximum atomic E-state index is 5.67. The molecule has 1 aromatic heterocycles. The minimum Gasteiger partial charge on any atom is -0.378 e. The van der Waals surface area contributed by atoms with Crippen LogP contribution in [0.15, 0.2) is 18.3 Å². The minimum atomic E-state index is 0.462. The number of pyridine rings is 1. The molecule has 0 unspecified atom stereocenters. The van der Waals surface area contributed by atoms with Gasteiger partial charge in [0.25, 0.3) is 0 Å². The van der Waals surface area contributed by atoms with Crippen molar-refractivity contribution >= 4 is 5.82 Å². The number of anilines is 1. The zero-order valence-electron chi connectivity index (χ0n) is 11.4. The predicted octanol–water partition coefficient (Wildman–Crippen LogP) is 2.12. The van der Waals surface area contributed by atoms with Crippen LogP contribution in [-0.4, -0.2) is 42.7 Å². The van der Waals surface area contributed by atoms with Crippen LogP contribution in [0, 0.1) is 0 Å². The van der Waals surface area contributed by atoms with Crippen molar-refractivity contribution in [2.45, 2.75) is 32.4 Å². The maximum absolute atomic E-state index is 5.67. The van der Waals surface area contributed by atoms with Gasteiger partial charge in [-0.15, -0.1) is 0 Å². The first kappa shape index (κ1) is 13.3. The number of hydrogen-bond donors (Lipinski definition) is 1. The zero-order chi connectivity index (χ0) is 12.8. The molecular weight excluding hydrogens is 226 g/mol. The van der Waals surface area contributed by atoms with Gasteiger partial charge >= 0.3 is 0 Å². The Balaban J connectivity index is 1.87. The quantitative estimate of drug-likeness (QED) is 0.867. The van der Waals surface area contributed by atoms with Gasteiger partial charge in [0.2, 0.25) is 0 Å². The van der Waals surface area contributed by atoms with Gasteiger partial charge in [0.1, 0.15) is 5.82 Å². The van der Waals surface area contributed by atoms with Gasteiger partial charge in [-0.1, -0.05) is 6.07 Å². The highest BCUT2D eigenvalue weighted by molar-refractivity contribution is 5.42. The molecule has 0 bridgehead atoms. The van der Waals surface area contributed by atoms with Gasteiger partial charge in [-0.05, 0) is 25.8 Å². The van der Waals surface area contributed by atoms with Crippen LogP contribution in [0.25, 0.3) is 0 Å². The molecule has 2 heterocycles. The van der Waals surface area contributed by atoms with Crippen molar-refractivity contribution in [2.75, 3.05) is 32.1 Å². The molecule has 1 N–H and O–H groups in total. The van der Waals surface area contributed by atoms with E-state index in [0.29, 0.717) is 6.10 Å². The molecule has 1 aromatic rings. The van der Waals surface area contributed by atoms with Crippen LogP contribution < -0.4 is 5.32 Å². The van der Waals surface area contributed by atoms with Gasteiger partial charge in [-0.3, -0.25) is 4.90 Å². The molecular formula is C14H23N3O. The van der Waals surface area contributed by atoms with Crippen molar-refractivity contribution < 1.29 is 4.74 Å². The van der Waals surface area contributed by atoms with E-state index in [0.717, 1.165) is 44.9 Å². The van der Waals surface area contributed by atoms with Gasteiger partial charge < -0.3 is 10.1 Å². The van der Waals surface area contributed by atoms with Crippen molar-refractivity contribution in [3.05, 3.63) is 23.9 Å². The Morgan fingerprint density at radius 1 is 1.44 bits per heavy atom. The highest BCUT2D eigenvalue weighted by Gasteiger charge is 2.19. The van der Waals surface area contributed by atoms with Gasteiger partial charge in [-0.25, -0.2) is 4.98 Å². The first-order chi connectivity index (χ1) is 8.83. The summed E-state index contributed by atoms with van der Waals surface area (Å²) in [6.07, 6.45) is 4.58. The van der Waals surface area contributed by atoms with Crippen LogP contribution in [0.2, 0.25) is 0 Å². The fraction of sp³-hybridized carbons (Fsp3) is 0.643. The van der Waals surface area contributed by atoms with Crippen LogP contribution in [-0.2, 0) is 11.3 Å². The van der Waals surface area contributed by atoms with Crippen molar-refractivity contribution in [2.24, 2.45) is 0 Å². The number of aromatic nitrogens is 1. The second-order valence-electron chi connectivity index (χ2n) is 4.69. The molecule has 0 saturated carbocycles. The third-order valence-electron chi connectivity index (χ3n) is 3.46. The summed E-state index contributed by atoms with van der Waals surface area (Å²) >= 11 is 0. The molecule has 1 aliphatic heterocycles. The van der Waals surface area contributed by atoms with Crippen LogP contribution in [0.4, 0.5) is 5.82 Å². The smallest absolute Gasteiger partial charge is 0.130 e. The molecule has 2 rings (SSSR count). The van der Waals surface area contributed by atoms with Crippen LogP contribution in [0.5, 0.6) is 0 Å². The van der Waals surface area contributed by atoms with E-state index >= 15 is 0 Å². The lowest BCUT2D eigenvalue weighted by Crippen LogP contribution is -2.36. The molecule has 1 saturated heterocycles. The van der Waals surface area contributed by atoms with E-state index in [1.807, 2.05) is 19.3 Å². The number of ether oxygens (including phenoxy) is 1. The molecule has 0 amide bonds. The number of likely N-dealkylation sites (tertiary alicyclic amines) is 1. The molecule has 18 heavy (non-hydrogen) atoms. The summed E-state index contributed by atoms with van der Waals surface area (Å²) in [4.78, 5) is 6.82. The summed E-state index contributed by atoms with van der Waals surface area (Å²) in [6.45, 7) is 6.10. The van der Waals surface area contributed by atoms with Gasteiger partial charge in [0.15, 0.2) is 0 Å². The topological polar surface area (TPSA) is 37.4 Å². The second-order valence-corrected chi connectivity index (χ2v) is 4.69. The van der Waals surface area contributed by atoms with Crippen LogP contribution in [0.3, 0.4) is 0 Å². The molecule has 1 aliphatic rings. The Bertz CT molecular complexity index is 362. The second kappa shape index (κ2) is 6.71. The number of piperidine rings is 1. The predicted molar refractivity (Wildman–Crippen MR) is 73.7 cm³/mol. The highest BCUT2D eigenvalue weighted by atomic mass is 16.5. The average molecular weight is 249 g/mol. The largest absolute Gasteiger partial charge is 0.378 e. The summed E-state index contributed by atoms with van der Waals surface area (Å²) in [5.41, 5.74) is 1.27. The zero-order valence-corrected chi connectivity index (χ0v) is 11.4. The van der Waals surface area contributed by atoms with Crippen molar-refractivity contribution in [1.29, 1.82) is 0 Å². The molecule has 0 aromatic carbocycles. The maximum Gasteiger partial charge on any atom is 0.130 e. The lowest BCUT2D eigenvalue weighted by Gasteiger charge is -2.31. The van der Waals surface area contributed by atoms with E-state index in [9.17, 15) is 0 Å². The standard InChI is InChI=1S/C14H23N3O/c1-3-18-13-6-9-17(10-7-13)11-12-5-4-8-16-14(12)15-2/h4-5,8,13H,3,6-7,9-11H2,1-2H3,(H,15,16). The van der Waals surface area contributed by atoms with Gasteiger partial charge in [-0.2, -0.15) is 0 Å². The van der Waals surface area contributed by atoms with E-state index in [1.54, 1.807) is 0 Å². The highest BCUT2D eigenvalue weighted by Crippen LogP contribution is 2.18. The molecule has 4 nitrogen and oxygen atoms in total. The van der Waals surface area contributed by atoms with Crippen molar-refractivity contribution in [1.82, 2.24) is 9.88 Å². The summed E-state index contributed by atoms with van der Waals surface area (Å²) < 4.78 is 5.67. The third kappa shape index (κ3) is 3.43. The summed E-state index contributed by atoms with van der Waals surface area (Å²) in [5, 5.41) is 3.15. The Morgan fingerprint density at radius 3 is 2.89 bits per heavy atom. The molecule has 0 aliphatic carbocycles. The van der Waals surface area contributed by atoms with E-state index in [1.165, 1.54) is 5.56 Å². The summed E-state index contributed by atoms with van der Waals surface area (Å²) in [6, 6.07) is 4.15. The Morgan fingerprint density at radius 2 is 2.22 bits per heavy atom. The van der Waals surface area contributed by atoms with E-state index < -0.39 is 0 Å². The molecule has 0 spiro atoms. The van der Waals surface area contributed by atoms with E-state index in [2.05, 4.69) is 28.2 Å². The molecule has 0 radical (unpaired) electrons. The monoisotopic (exact) mass is 249 g/mol. The lowest BCUT2D eigenvalue weighted by atomic mass is 10.1. The molecule has 0 atom stereocenters. The fourth-order valence-electron chi connectivity index (χ4n) is 2.50. The Kier molecular flexibility index (Phi) is 4.96. The number of nitrogens with one attached hydrogen (secondary N) is 1. The van der Waals surface area contributed by atoms with Crippen LogP contribution >= 0.6 is 0 Å². The first-order valence-electron chi connectivity index (χ1n) is 6.79. The summed E-state index contributed by atoms with van der Waals surface area (Å²) in [5.74, 6) is 0.990. The number of nitrogens with zero attached hydrogens (tertiary/aromatic N) is 2. The summed E-state index contributed by atoms with van der Waals surface area (Å²) in [7, 11) is 1.92. The molecule has 4 heteroatoms. The fourth-order valence-corrected chi connectivity index (χ4v) is 2.50.